The Morgan fingerprint density at radius 1 is 1.16 bits per heavy atom. The summed E-state index contributed by atoms with van der Waals surface area (Å²) in [5.41, 5.74) is 2.38. The van der Waals surface area contributed by atoms with Gasteiger partial charge in [-0.25, -0.2) is 4.79 Å². The molecule has 21 heteroatoms. The van der Waals surface area contributed by atoms with Crippen LogP contribution in [0.1, 0.15) is 12.6 Å². The van der Waals surface area contributed by atoms with E-state index in [1.54, 1.807) is 0 Å². The van der Waals surface area contributed by atoms with Gasteiger partial charge >= 0.3 is 102 Å². The number of aromatic nitrogens is 2. The summed E-state index contributed by atoms with van der Waals surface area (Å²) in [5, 5.41) is 39.4. The SMILES string of the molecule is Nc1ccn([C@@H]2O[C@H](COP(=O)([O-])O/C(=C3\C=C[C@H](O)[C@H](O)C3)P(=O)([O-])[O-])[C@@H](O)[C@H]2O)c(=O)n1.[Na+].[Na+].[Na+]. The molecule has 0 saturated carbocycles. The maximum Gasteiger partial charge on any atom is 1.00 e. The van der Waals surface area contributed by atoms with Gasteiger partial charge in [0, 0.05) is 20.2 Å². The summed E-state index contributed by atoms with van der Waals surface area (Å²) in [7, 11) is -11.4. The van der Waals surface area contributed by atoms with Crippen LogP contribution in [0.2, 0.25) is 0 Å². The van der Waals surface area contributed by atoms with E-state index in [0.29, 0.717) is 0 Å². The number of aliphatic hydroxyl groups excluding tert-OH is 4. The number of ether oxygens (including phenoxy) is 1. The number of anilines is 1. The number of rotatable bonds is 7. The zero-order valence-electron chi connectivity index (χ0n) is 20.0. The summed E-state index contributed by atoms with van der Waals surface area (Å²) in [4.78, 5) is 50.7. The van der Waals surface area contributed by atoms with Gasteiger partial charge in [0.15, 0.2) is 6.23 Å². The molecule has 1 fully saturated rings. The van der Waals surface area contributed by atoms with Gasteiger partial charge in [0.2, 0.25) is 0 Å². The third-order valence-electron chi connectivity index (χ3n) is 4.90. The maximum atomic E-state index is 12.2. The second-order valence-corrected chi connectivity index (χ2v) is 10.1. The fourth-order valence-corrected chi connectivity index (χ4v) is 5.14. The zero-order chi connectivity index (χ0) is 25.4. The first kappa shape index (κ1) is 38.1. The number of allylic oxidation sites excluding steroid dienone is 1. The molecule has 1 aromatic rings. The van der Waals surface area contributed by atoms with Crippen molar-refractivity contribution in [1.82, 2.24) is 9.55 Å². The number of nitrogens with two attached hydrogens (primary N) is 1. The largest absolute Gasteiger partial charge is 1.00 e. The molecule has 1 saturated heterocycles. The summed E-state index contributed by atoms with van der Waals surface area (Å²) >= 11 is 0. The van der Waals surface area contributed by atoms with Crippen molar-refractivity contribution in [2.75, 3.05) is 12.3 Å². The van der Waals surface area contributed by atoms with Crippen molar-refractivity contribution in [1.29, 1.82) is 0 Å². The predicted octanol–water partition coefficient (Wildman–Crippen LogP) is -13.2. The third-order valence-corrected chi connectivity index (χ3v) is 6.79. The number of aliphatic hydroxyl groups is 4. The predicted molar refractivity (Wildman–Crippen MR) is 104 cm³/mol. The minimum absolute atomic E-state index is 0. The Morgan fingerprint density at radius 2 is 1.78 bits per heavy atom. The van der Waals surface area contributed by atoms with E-state index in [-0.39, 0.29) is 94.5 Å². The van der Waals surface area contributed by atoms with Crippen molar-refractivity contribution < 1.29 is 147 Å². The second-order valence-electron chi connectivity index (χ2n) is 7.37. The van der Waals surface area contributed by atoms with Gasteiger partial charge in [-0.15, -0.1) is 0 Å². The standard InChI is InChI=1S/C16H23N3O13P2.3Na/c17-11-3-4-19(16(24)18-11)14-13(23)12(22)10(31-14)6-30-34(28,29)32-15(33(25,26)27)7-1-2-8(20)9(21)5-7;;;/h1-4,8-10,12-14,20-23H,5-6H2,(H,28,29)(H2,17,18,24)(H2,25,26,27);;;/q;3*+1/p-3/b15-7-;;;/t8-,9+,10+,12+,13+,14+;;;/m0.../s1. The van der Waals surface area contributed by atoms with Crippen LogP contribution in [0, 0.1) is 0 Å². The van der Waals surface area contributed by atoms with E-state index in [1.807, 2.05) is 0 Å². The summed E-state index contributed by atoms with van der Waals surface area (Å²) in [6.45, 7) is -1.01. The first-order valence-electron chi connectivity index (χ1n) is 9.51. The number of hydrogen-bond donors (Lipinski definition) is 5. The van der Waals surface area contributed by atoms with Crippen LogP contribution in [-0.2, 0) is 22.9 Å². The molecular weight excluding hydrogens is 573 g/mol. The molecule has 0 spiro atoms. The van der Waals surface area contributed by atoms with Gasteiger partial charge in [0.05, 0.1) is 18.8 Å². The van der Waals surface area contributed by atoms with Gasteiger partial charge in [0.25, 0.3) is 0 Å². The van der Waals surface area contributed by atoms with Crippen LogP contribution >= 0.6 is 15.4 Å². The van der Waals surface area contributed by atoms with E-state index in [0.717, 1.165) is 22.9 Å². The fraction of sp³-hybridized carbons (Fsp3) is 0.500. The van der Waals surface area contributed by atoms with Crippen molar-refractivity contribution in [2.24, 2.45) is 0 Å². The molecule has 1 unspecified atom stereocenters. The normalized spacial score (nSPS) is 30.2. The molecule has 0 amide bonds. The Labute approximate surface area is 276 Å². The Morgan fingerprint density at radius 3 is 2.32 bits per heavy atom. The van der Waals surface area contributed by atoms with Crippen LogP contribution in [0.5, 0.6) is 0 Å². The molecule has 1 aliphatic carbocycles. The molecule has 2 heterocycles. The minimum atomic E-state index is -5.83. The number of phosphoric ester groups is 1. The van der Waals surface area contributed by atoms with Gasteiger partial charge in [-0.2, -0.15) is 4.98 Å². The molecular formula is C16H20N3Na3O13P2. The molecule has 0 radical (unpaired) electrons. The van der Waals surface area contributed by atoms with E-state index in [9.17, 15) is 49.0 Å². The summed E-state index contributed by atoms with van der Waals surface area (Å²) in [5.74, 6) is -0.118. The number of nitrogen functional groups attached to an aromatic ring is 1. The molecule has 16 nitrogen and oxygen atoms in total. The molecule has 0 bridgehead atoms. The topological polar surface area (TPSA) is 273 Å². The molecule has 6 N–H and O–H groups in total. The van der Waals surface area contributed by atoms with Crippen molar-refractivity contribution >= 4 is 21.2 Å². The number of hydrogen-bond acceptors (Lipinski definition) is 15. The fourth-order valence-electron chi connectivity index (χ4n) is 3.21. The van der Waals surface area contributed by atoms with Crippen LogP contribution in [0.4, 0.5) is 5.82 Å². The molecule has 0 aromatic carbocycles. The first-order valence-corrected chi connectivity index (χ1v) is 12.5. The van der Waals surface area contributed by atoms with E-state index in [2.05, 4.69) is 14.0 Å². The molecule has 37 heavy (non-hydrogen) atoms. The average molecular weight is 593 g/mol. The van der Waals surface area contributed by atoms with Crippen molar-refractivity contribution in [2.45, 2.75) is 43.2 Å². The van der Waals surface area contributed by atoms with Gasteiger partial charge in [0.1, 0.15) is 29.6 Å². The quantitative estimate of drug-likeness (QED) is 0.112. The molecule has 1 aromatic heterocycles. The number of phosphoric acid groups is 1. The van der Waals surface area contributed by atoms with E-state index in [1.165, 1.54) is 6.07 Å². The van der Waals surface area contributed by atoms with Crippen LogP contribution in [-0.4, -0.2) is 67.1 Å². The van der Waals surface area contributed by atoms with Crippen LogP contribution in [0.25, 0.3) is 0 Å². The summed E-state index contributed by atoms with van der Waals surface area (Å²) in [6.07, 6.45) is -7.05. The smallest absolute Gasteiger partial charge is 0.805 e. The molecule has 3 rings (SSSR count). The minimum Gasteiger partial charge on any atom is -0.805 e. The van der Waals surface area contributed by atoms with Gasteiger partial charge < -0.3 is 59.2 Å². The molecule has 1 aliphatic heterocycles. The van der Waals surface area contributed by atoms with Crippen molar-refractivity contribution in [3.63, 3.8) is 0 Å². The van der Waals surface area contributed by atoms with Crippen LogP contribution in [0.15, 0.2) is 40.3 Å². The van der Waals surface area contributed by atoms with E-state index >= 15 is 0 Å². The molecule has 190 valence electrons. The maximum absolute atomic E-state index is 12.2. The average Bonchev–Trinajstić information content (AvgIpc) is 3.00. The third kappa shape index (κ3) is 9.83. The van der Waals surface area contributed by atoms with Gasteiger partial charge in [-0.05, 0) is 11.6 Å². The zero-order valence-corrected chi connectivity index (χ0v) is 27.8. The molecule has 7 atom stereocenters. The molecule has 2 aliphatic rings. The Bertz CT molecular complexity index is 1150. The first-order chi connectivity index (χ1) is 15.7. The van der Waals surface area contributed by atoms with Crippen molar-refractivity contribution in [3.05, 3.63) is 46.0 Å². The Kier molecular flexibility index (Phi) is 15.8. The summed E-state index contributed by atoms with van der Waals surface area (Å²) in [6, 6.07) is 1.21. The van der Waals surface area contributed by atoms with Crippen LogP contribution in [0.3, 0.4) is 0 Å². The van der Waals surface area contributed by atoms with E-state index in [4.69, 9.17) is 10.5 Å². The van der Waals surface area contributed by atoms with Gasteiger partial charge in [-0.1, -0.05) is 12.2 Å². The second kappa shape index (κ2) is 15.3. The number of nitrogens with zero attached hydrogens (tertiary/aromatic N) is 2. The monoisotopic (exact) mass is 593 g/mol. The van der Waals surface area contributed by atoms with Gasteiger partial charge in [-0.3, -0.25) is 9.13 Å². The van der Waals surface area contributed by atoms with E-state index < -0.39 is 82.0 Å². The Hall–Kier alpha value is 1.06. The van der Waals surface area contributed by atoms with Crippen molar-refractivity contribution in [3.8, 4) is 0 Å². The van der Waals surface area contributed by atoms with Crippen LogP contribution < -0.4 is 115 Å². The Balaban J connectivity index is 0.00000432. The summed E-state index contributed by atoms with van der Waals surface area (Å²) < 4.78 is 38.7.